The Labute approximate surface area is 112 Å². The molecule has 1 amide bonds. The highest BCUT2D eigenvalue weighted by Crippen LogP contribution is 2.30. The van der Waals surface area contributed by atoms with Crippen LogP contribution >= 0.6 is 11.8 Å². The summed E-state index contributed by atoms with van der Waals surface area (Å²) in [4.78, 5) is 24.0. The van der Waals surface area contributed by atoms with Gasteiger partial charge < -0.3 is 10.0 Å². The third kappa shape index (κ3) is 4.72. The number of carboxylic acid groups (broad SMARTS) is 1. The number of rotatable bonds is 4. The van der Waals surface area contributed by atoms with E-state index in [1.54, 1.807) is 4.90 Å². The lowest BCUT2D eigenvalue weighted by Crippen LogP contribution is -2.37. The van der Waals surface area contributed by atoms with Crippen molar-refractivity contribution in [3.05, 3.63) is 11.6 Å². The molecule has 102 valence electrons. The molecule has 0 aliphatic carbocycles. The van der Waals surface area contributed by atoms with Gasteiger partial charge in [-0.1, -0.05) is 32.4 Å². The fourth-order valence-corrected chi connectivity index (χ4v) is 2.53. The Morgan fingerprint density at radius 3 is 2.50 bits per heavy atom. The molecular weight excluding hydrogens is 250 g/mol. The Hall–Kier alpha value is -0.970. The van der Waals surface area contributed by atoms with Gasteiger partial charge in [0.1, 0.15) is 0 Å². The van der Waals surface area contributed by atoms with Crippen molar-refractivity contribution in [3.8, 4) is 0 Å². The summed E-state index contributed by atoms with van der Waals surface area (Å²) in [6.07, 6.45) is 3.04. The molecule has 1 aliphatic rings. The average Bonchev–Trinajstić information content (AvgIpc) is 2.27. The lowest BCUT2D eigenvalue weighted by atomic mass is 9.83. The zero-order chi connectivity index (χ0) is 13.8. The van der Waals surface area contributed by atoms with Gasteiger partial charge in [-0.25, -0.2) is 0 Å². The van der Waals surface area contributed by atoms with Crippen LogP contribution in [0.15, 0.2) is 11.6 Å². The average molecular weight is 271 g/mol. The van der Waals surface area contributed by atoms with Crippen LogP contribution in [0.25, 0.3) is 0 Å². The molecule has 1 aliphatic heterocycles. The van der Waals surface area contributed by atoms with Gasteiger partial charge in [0, 0.05) is 13.1 Å². The predicted octanol–water partition coefficient (Wildman–Crippen LogP) is 2.01. The van der Waals surface area contributed by atoms with E-state index in [0.29, 0.717) is 6.54 Å². The van der Waals surface area contributed by atoms with E-state index in [1.807, 2.05) is 0 Å². The van der Waals surface area contributed by atoms with Crippen LogP contribution in [-0.4, -0.2) is 46.5 Å². The quantitative estimate of drug-likeness (QED) is 0.795. The minimum atomic E-state index is -0.874. The van der Waals surface area contributed by atoms with Crippen LogP contribution in [-0.2, 0) is 9.59 Å². The predicted molar refractivity (Wildman–Crippen MR) is 73.7 cm³/mol. The summed E-state index contributed by atoms with van der Waals surface area (Å²) < 4.78 is 0. The fraction of sp³-hybridized carbons (Fsp3) is 0.692. The molecule has 0 atom stereocenters. The smallest absolute Gasteiger partial charge is 0.313 e. The molecule has 1 rings (SSSR count). The number of amides is 1. The fourth-order valence-electron chi connectivity index (χ4n) is 1.89. The summed E-state index contributed by atoms with van der Waals surface area (Å²) in [7, 11) is 0. The van der Waals surface area contributed by atoms with Crippen molar-refractivity contribution >= 4 is 23.6 Å². The van der Waals surface area contributed by atoms with Crippen LogP contribution in [0.2, 0.25) is 0 Å². The molecule has 0 aromatic rings. The van der Waals surface area contributed by atoms with Crippen molar-refractivity contribution in [2.24, 2.45) is 5.41 Å². The molecule has 0 aromatic carbocycles. The number of aliphatic carboxylic acids is 1. The summed E-state index contributed by atoms with van der Waals surface area (Å²) in [5.74, 6) is -0.597. The first-order valence-corrected chi connectivity index (χ1v) is 7.23. The molecule has 0 bridgehead atoms. The SMILES string of the molecule is CC(C)(C)C1=CCN(C(=O)CSCC(=O)O)CC1. The highest BCUT2D eigenvalue weighted by Gasteiger charge is 2.23. The van der Waals surface area contributed by atoms with Gasteiger partial charge in [-0.3, -0.25) is 9.59 Å². The first-order chi connectivity index (χ1) is 8.30. The molecule has 0 fully saturated rings. The van der Waals surface area contributed by atoms with Gasteiger partial charge in [-0.05, 0) is 11.8 Å². The molecule has 0 radical (unpaired) electrons. The second-order valence-corrected chi connectivity index (χ2v) is 6.44. The molecule has 0 aromatic heterocycles. The minimum absolute atomic E-state index is 0.0112. The summed E-state index contributed by atoms with van der Waals surface area (Å²) in [6, 6.07) is 0. The standard InChI is InChI=1S/C13H21NO3S/c1-13(2,3)10-4-6-14(7-5-10)11(15)8-18-9-12(16)17/h4H,5-9H2,1-3H3,(H,16,17). The van der Waals surface area contributed by atoms with Crippen LogP contribution < -0.4 is 0 Å². The van der Waals surface area contributed by atoms with E-state index in [0.717, 1.165) is 24.7 Å². The van der Waals surface area contributed by atoms with Gasteiger partial charge in [0.15, 0.2) is 0 Å². The summed E-state index contributed by atoms with van der Waals surface area (Å²) in [5, 5.41) is 8.51. The number of carboxylic acids is 1. The molecule has 4 nitrogen and oxygen atoms in total. The summed E-state index contributed by atoms with van der Waals surface area (Å²) in [5.41, 5.74) is 1.57. The lowest BCUT2D eigenvalue weighted by molar-refractivity contribution is -0.133. The molecule has 0 saturated heterocycles. The largest absolute Gasteiger partial charge is 0.481 e. The monoisotopic (exact) mass is 271 g/mol. The number of hydrogen-bond donors (Lipinski definition) is 1. The third-order valence-electron chi connectivity index (χ3n) is 2.98. The van der Waals surface area contributed by atoms with Gasteiger partial charge in [0.2, 0.25) is 5.91 Å². The van der Waals surface area contributed by atoms with Gasteiger partial charge >= 0.3 is 5.97 Å². The van der Waals surface area contributed by atoms with Crippen molar-refractivity contribution in [1.29, 1.82) is 0 Å². The Morgan fingerprint density at radius 1 is 1.39 bits per heavy atom. The van der Waals surface area contributed by atoms with Gasteiger partial charge in [-0.2, -0.15) is 0 Å². The van der Waals surface area contributed by atoms with Gasteiger partial charge in [0.25, 0.3) is 0 Å². The van der Waals surface area contributed by atoms with Crippen molar-refractivity contribution in [2.45, 2.75) is 27.2 Å². The van der Waals surface area contributed by atoms with E-state index < -0.39 is 5.97 Å². The minimum Gasteiger partial charge on any atom is -0.481 e. The molecule has 1 heterocycles. The molecule has 0 saturated carbocycles. The maximum atomic E-state index is 11.8. The van der Waals surface area contributed by atoms with Crippen LogP contribution in [0.5, 0.6) is 0 Å². The normalized spacial score (nSPS) is 16.4. The highest BCUT2D eigenvalue weighted by molar-refractivity contribution is 8.00. The van der Waals surface area contributed by atoms with E-state index >= 15 is 0 Å². The number of hydrogen-bond acceptors (Lipinski definition) is 3. The molecule has 0 spiro atoms. The van der Waals surface area contributed by atoms with Crippen LogP contribution in [0, 0.1) is 5.41 Å². The third-order valence-corrected chi connectivity index (χ3v) is 3.88. The topological polar surface area (TPSA) is 57.6 Å². The van der Waals surface area contributed by atoms with Crippen molar-refractivity contribution in [2.75, 3.05) is 24.6 Å². The maximum absolute atomic E-state index is 11.8. The lowest BCUT2D eigenvalue weighted by Gasteiger charge is -2.32. The van der Waals surface area contributed by atoms with E-state index in [2.05, 4.69) is 26.8 Å². The Balaban J connectivity index is 2.40. The van der Waals surface area contributed by atoms with Crippen LogP contribution in [0.1, 0.15) is 27.2 Å². The number of carbonyl (C=O) groups is 2. The Kier molecular flexibility index (Phi) is 5.26. The van der Waals surface area contributed by atoms with E-state index in [4.69, 9.17) is 5.11 Å². The zero-order valence-corrected chi connectivity index (χ0v) is 12.0. The van der Waals surface area contributed by atoms with Crippen LogP contribution in [0.4, 0.5) is 0 Å². The van der Waals surface area contributed by atoms with Crippen LogP contribution in [0.3, 0.4) is 0 Å². The first-order valence-electron chi connectivity index (χ1n) is 6.07. The summed E-state index contributed by atoms with van der Waals surface area (Å²) in [6.45, 7) is 7.94. The molecule has 5 heteroatoms. The summed E-state index contributed by atoms with van der Waals surface area (Å²) >= 11 is 1.16. The molecular formula is C13H21NO3S. The Bertz CT molecular complexity index is 358. The second-order valence-electron chi connectivity index (χ2n) is 5.46. The Morgan fingerprint density at radius 2 is 2.06 bits per heavy atom. The maximum Gasteiger partial charge on any atom is 0.313 e. The van der Waals surface area contributed by atoms with Crippen molar-refractivity contribution < 1.29 is 14.7 Å². The van der Waals surface area contributed by atoms with E-state index in [1.165, 1.54) is 5.57 Å². The first kappa shape index (κ1) is 15.1. The van der Waals surface area contributed by atoms with E-state index in [9.17, 15) is 9.59 Å². The van der Waals surface area contributed by atoms with E-state index in [-0.39, 0.29) is 22.8 Å². The zero-order valence-electron chi connectivity index (χ0n) is 11.2. The van der Waals surface area contributed by atoms with Gasteiger partial charge in [0.05, 0.1) is 11.5 Å². The second kappa shape index (κ2) is 6.27. The molecule has 0 unspecified atom stereocenters. The number of thioether (sulfide) groups is 1. The van der Waals surface area contributed by atoms with Gasteiger partial charge in [-0.15, -0.1) is 11.8 Å². The molecule has 18 heavy (non-hydrogen) atoms. The van der Waals surface area contributed by atoms with Crippen molar-refractivity contribution in [3.63, 3.8) is 0 Å². The highest BCUT2D eigenvalue weighted by atomic mass is 32.2. The van der Waals surface area contributed by atoms with Crippen molar-refractivity contribution in [1.82, 2.24) is 4.90 Å². The number of nitrogens with zero attached hydrogens (tertiary/aromatic N) is 1. The number of carbonyl (C=O) groups excluding carboxylic acids is 1. The molecule has 1 N–H and O–H groups in total.